The summed E-state index contributed by atoms with van der Waals surface area (Å²) in [6, 6.07) is 8.79. The van der Waals surface area contributed by atoms with Gasteiger partial charge in [0.15, 0.2) is 0 Å². The van der Waals surface area contributed by atoms with Crippen LogP contribution in [0.5, 0.6) is 0 Å². The monoisotopic (exact) mass is 230 g/mol. The molecule has 0 fully saturated rings. The molecule has 0 spiro atoms. The molecule has 0 saturated carbocycles. The summed E-state index contributed by atoms with van der Waals surface area (Å²) in [6.45, 7) is 8.83. The Balaban J connectivity index is 2.65. The van der Waals surface area contributed by atoms with Crippen LogP contribution in [0.4, 0.5) is 0 Å². The van der Waals surface area contributed by atoms with Crippen molar-refractivity contribution in [2.24, 2.45) is 5.73 Å². The van der Waals surface area contributed by atoms with Gasteiger partial charge in [0.2, 0.25) is 0 Å². The molecule has 2 aromatic heterocycles. The summed E-state index contributed by atoms with van der Waals surface area (Å²) < 4.78 is 2.27. The molecule has 0 aliphatic carbocycles. The first-order valence-electron chi connectivity index (χ1n) is 6.24. The summed E-state index contributed by atoms with van der Waals surface area (Å²) in [4.78, 5) is 0. The molecule has 17 heavy (non-hydrogen) atoms. The van der Waals surface area contributed by atoms with Gasteiger partial charge in [-0.3, -0.25) is 0 Å². The molecule has 92 valence electrons. The van der Waals surface area contributed by atoms with E-state index in [0.717, 1.165) is 6.42 Å². The zero-order valence-corrected chi connectivity index (χ0v) is 11.2. The van der Waals surface area contributed by atoms with Crippen LogP contribution in [-0.4, -0.2) is 10.4 Å². The van der Waals surface area contributed by atoms with Crippen LogP contribution in [0, 0.1) is 0 Å². The Kier molecular flexibility index (Phi) is 3.00. The summed E-state index contributed by atoms with van der Waals surface area (Å²) in [7, 11) is 0. The Hall–Kier alpha value is -1.28. The minimum atomic E-state index is 0.163. The van der Waals surface area contributed by atoms with Gasteiger partial charge >= 0.3 is 0 Å². The van der Waals surface area contributed by atoms with E-state index in [2.05, 4.69) is 62.6 Å². The molecule has 2 heteroatoms. The Morgan fingerprint density at radius 2 is 2.00 bits per heavy atom. The van der Waals surface area contributed by atoms with Crippen molar-refractivity contribution in [2.45, 2.75) is 45.6 Å². The molecule has 1 unspecified atom stereocenters. The van der Waals surface area contributed by atoms with Crippen LogP contribution in [-0.2, 0) is 11.8 Å². The second-order valence-corrected chi connectivity index (χ2v) is 5.93. The minimum Gasteiger partial charge on any atom is -0.328 e. The number of rotatable bonds is 2. The number of nitrogens with two attached hydrogens (primary N) is 1. The van der Waals surface area contributed by atoms with Crippen LogP contribution in [0.25, 0.3) is 5.52 Å². The van der Waals surface area contributed by atoms with Crippen LogP contribution in [0.3, 0.4) is 0 Å². The maximum atomic E-state index is 5.97. The molecule has 1 atom stereocenters. The fourth-order valence-corrected chi connectivity index (χ4v) is 2.34. The quantitative estimate of drug-likeness (QED) is 0.844. The molecule has 2 aromatic rings. The largest absolute Gasteiger partial charge is 0.328 e. The summed E-state index contributed by atoms with van der Waals surface area (Å²) in [5.74, 6) is 0. The zero-order valence-electron chi connectivity index (χ0n) is 11.2. The highest BCUT2D eigenvalue weighted by Crippen LogP contribution is 2.29. The fourth-order valence-electron chi connectivity index (χ4n) is 2.34. The van der Waals surface area contributed by atoms with Crippen molar-refractivity contribution >= 4 is 5.52 Å². The van der Waals surface area contributed by atoms with Gasteiger partial charge in [0.05, 0.1) is 0 Å². The average Bonchev–Trinajstić information content (AvgIpc) is 2.56. The highest BCUT2D eigenvalue weighted by atomic mass is 14.9. The fraction of sp³-hybridized carbons (Fsp3) is 0.467. The van der Waals surface area contributed by atoms with Crippen LogP contribution < -0.4 is 5.73 Å². The van der Waals surface area contributed by atoms with Gasteiger partial charge in [-0.05, 0) is 36.1 Å². The van der Waals surface area contributed by atoms with Gasteiger partial charge < -0.3 is 10.1 Å². The van der Waals surface area contributed by atoms with E-state index < -0.39 is 0 Å². The first-order chi connectivity index (χ1) is 7.89. The number of pyridine rings is 1. The van der Waals surface area contributed by atoms with Gasteiger partial charge in [-0.15, -0.1) is 0 Å². The lowest BCUT2D eigenvalue weighted by atomic mass is 9.86. The van der Waals surface area contributed by atoms with Gasteiger partial charge in [-0.1, -0.05) is 26.8 Å². The summed E-state index contributed by atoms with van der Waals surface area (Å²) in [5, 5.41) is 0. The molecule has 0 saturated heterocycles. The second-order valence-electron chi connectivity index (χ2n) is 5.93. The number of aromatic nitrogens is 1. The van der Waals surface area contributed by atoms with E-state index in [1.165, 1.54) is 16.8 Å². The molecular weight excluding hydrogens is 208 g/mol. The molecular formula is C15H22N2. The Labute approximate surface area is 103 Å². The van der Waals surface area contributed by atoms with Crippen LogP contribution in [0.1, 0.15) is 39.0 Å². The Bertz CT molecular complexity index is 515. The highest BCUT2D eigenvalue weighted by molar-refractivity contribution is 5.55. The van der Waals surface area contributed by atoms with E-state index in [-0.39, 0.29) is 11.5 Å². The first kappa shape index (κ1) is 12.2. The van der Waals surface area contributed by atoms with Crippen molar-refractivity contribution in [1.82, 2.24) is 4.40 Å². The smallest absolute Gasteiger partial charge is 0.0455 e. The number of hydrogen-bond donors (Lipinski definition) is 1. The average molecular weight is 230 g/mol. The van der Waals surface area contributed by atoms with Crippen molar-refractivity contribution in [1.29, 1.82) is 0 Å². The minimum absolute atomic E-state index is 0.163. The van der Waals surface area contributed by atoms with Gasteiger partial charge in [0.1, 0.15) is 0 Å². The van der Waals surface area contributed by atoms with Crippen molar-refractivity contribution in [3.05, 3.63) is 41.7 Å². The van der Waals surface area contributed by atoms with Crippen LogP contribution >= 0.6 is 0 Å². The number of hydrogen-bond acceptors (Lipinski definition) is 1. The summed E-state index contributed by atoms with van der Waals surface area (Å²) in [6.07, 6.45) is 3.05. The maximum Gasteiger partial charge on any atom is 0.0455 e. The molecule has 0 aromatic carbocycles. The van der Waals surface area contributed by atoms with Crippen LogP contribution in [0.15, 0.2) is 30.5 Å². The molecule has 0 bridgehead atoms. The molecule has 2 rings (SSSR count). The normalized spacial score (nSPS) is 14.2. The predicted molar refractivity (Wildman–Crippen MR) is 73.5 cm³/mol. The Morgan fingerprint density at radius 3 is 2.59 bits per heavy atom. The molecule has 0 radical (unpaired) electrons. The lowest BCUT2D eigenvalue weighted by molar-refractivity contribution is 0.574. The molecule has 2 nitrogen and oxygen atoms in total. The van der Waals surface area contributed by atoms with Gasteiger partial charge in [-0.2, -0.15) is 0 Å². The lowest BCUT2D eigenvalue weighted by Gasteiger charge is -2.20. The van der Waals surface area contributed by atoms with E-state index in [4.69, 9.17) is 5.73 Å². The second kappa shape index (κ2) is 4.19. The third-order valence-electron chi connectivity index (χ3n) is 3.11. The van der Waals surface area contributed by atoms with Crippen molar-refractivity contribution < 1.29 is 0 Å². The topological polar surface area (TPSA) is 30.4 Å². The third kappa shape index (κ3) is 2.37. The number of fused-ring (bicyclic) bond motifs is 1. The molecule has 0 aliphatic rings. The SMILES string of the molecule is CC(N)Cc1c(C(C)(C)C)cc2ccccn12. The van der Waals surface area contributed by atoms with Crippen LogP contribution in [0.2, 0.25) is 0 Å². The van der Waals surface area contributed by atoms with E-state index >= 15 is 0 Å². The van der Waals surface area contributed by atoms with Crippen molar-refractivity contribution in [3.63, 3.8) is 0 Å². The lowest BCUT2D eigenvalue weighted by Crippen LogP contribution is -2.22. The number of nitrogens with zero attached hydrogens (tertiary/aromatic N) is 1. The van der Waals surface area contributed by atoms with Gasteiger partial charge in [0, 0.05) is 29.9 Å². The third-order valence-corrected chi connectivity index (χ3v) is 3.11. The van der Waals surface area contributed by atoms with Crippen molar-refractivity contribution in [2.75, 3.05) is 0 Å². The van der Waals surface area contributed by atoms with Gasteiger partial charge in [-0.25, -0.2) is 0 Å². The van der Waals surface area contributed by atoms with E-state index in [1.54, 1.807) is 0 Å². The first-order valence-corrected chi connectivity index (χ1v) is 6.24. The van der Waals surface area contributed by atoms with Crippen molar-refractivity contribution in [3.8, 4) is 0 Å². The molecule has 2 N–H and O–H groups in total. The predicted octanol–water partition coefficient (Wildman–Crippen LogP) is 3.13. The standard InChI is InChI=1S/C15H22N2/c1-11(16)9-14-13(15(2,3)4)10-12-7-5-6-8-17(12)14/h5-8,10-11H,9,16H2,1-4H3. The Morgan fingerprint density at radius 1 is 1.29 bits per heavy atom. The maximum absolute atomic E-state index is 5.97. The summed E-state index contributed by atoms with van der Waals surface area (Å²) in [5.41, 5.74) is 10.1. The van der Waals surface area contributed by atoms with E-state index in [1.807, 2.05) is 0 Å². The molecule has 0 amide bonds. The molecule has 0 aliphatic heterocycles. The van der Waals surface area contributed by atoms with Gasteiger partial charge in [0.25, 0.3) is 0 Å². The molecule has 2 heterocycles. The highest BCUT2D eigenvalue weighted by Gasteiger charge is 2.21. The zero-order chi connectivity index (χ0) is 12.6. The van der Waals surface area contributed by atoms with E-state index in [0.29, 0.717) is 0 Å². The summed E-state index contributed by atoms with van der Waals surface area (Å²) >= 11 is 0. The van der Waals surface area contributed by atoms with E-state index in [9.17, 15) is 0 Å².